The molecule has 2 aromatic heterocycles. The summed E-state index contributed by atoms with van der Waals surface area (Å²) in [6.07, 6.45) is 1.97. The van der Waals surface area contributed by atoms with Gasteiger partial charge in [-0.25, -0.2) is 0 Å². The van der Waals surface area contributed by atoms with Crippen LogP contribution in [0.15, 0.2) is 33.1 Å². The average Bonchev–Trinajstić information content (AvgIpc) is 2.94. The fraction of sp³-hybridized carbons (Fsp3) is 0.100. The van der Waals surface area contributed by atoms with Crippen molar-refractivity contribution >= 4 is 34.0 Å². The van der Waals surface area contributed by atoms with Gasteiger partial charge in [0.15, 0.2) is 9.35 Å². The molecule has 3 aromatic rings. The van der Waals surface area contributed by atoms with E-state index in [1.807, 2.05) is 30.5 Å². The Kier molecular flexibility index (Phi) is 2.37. The molecule has 0 saturated carbocycles. The number of rotatable bonds is 2. The van der Waals surface area contributed by atoms with Crippen LogP contribution in [-0.2, 0) is 0 Å². The summed E-state index contributed by atoms with van der Waals surface area (Å²) in [6, 6.07) is 7.78. The molecule has 0 aliphatic carbocycles. The first kappa shape index (κ1) is 9.80. The maximum Gasteiger partial charge on any atom is 0.205 e. The normalized spacial score (nSPS) is 11.1. The molecular formula is C10H7N3OS2. The third-order valence-corrected chi connectivity index (χ3v) is 4.06. The molecule has 0 amide bonds. The van der Waals surface area contributed by atoms with Crippen LogP contribution in [0.25, 0.3) is 21.7 Å². The lowest BCUT2D eigenvalue weighted by molar-refractivity contribution is 0.440. The molecule has 1 aromatic carbocycles. The molecular weight excluding hydrogens is 242 g/mol. The van der Waals surface area contributed by atoms with E-state index in [0.29, 0.717) is 5.76 Å². The second-order valence-electron chi connectivity index (χ2n) is 3.11. The highest BCUT2D eigenvalue weighted by Gasteiger charge is 2.14. The average molecular weight is 249 g/mol. The minimum Gasteiger partial charge on any atom is -0.352 e. The van der Waals surface area contributed by atoms with Gasteiger partial charge in [-0.15, -0.1) is 10.2 Å². The Labute approximate surface area is 99.7 Å². The molecule has 4 nitrogen and oxygen atoms in total. The fourth-order valence-corrected chi connectivity index (χ4v) is 2.69. The number of nitrogens with zero attached hydrogens (tertiary/aromatic N) is 3. The predicted octanol–water partition coefficient (Wildman–Crippen LogP) is 3.07. The lowest BCUT2D eigenvalue weighted by Gasteiger charge is -1.87. The number of fused-ring (bicyclic) bond motifs is 1. The van der Waals surface area contributed by atoms with Gasteiger partial charge in [0.2, 0.25) is 5.76 Å². The highest BCUT2D eigenvalue weighted by Crippen LogP contribution is 2.32. The molecule has 80 valence electrons. The molecule has 0 aliphatic rings. The summed E-state index contributed by atoms with van der Waals surface area (Å²) in [6.45, 7) is 0. The van der Waals surface area contributed by atoms with Gasteiger partial charge in [0.05, 0.1) is 5.39 Å². The minimum absolute atomic E-state index is 0.702. The fourth-order valence-electron chi connectivity index (χ4n) is 1.43. The van der Waals surface area contributed by atoms with Gasteiger partial charge in [-0.1, -0.05) is 40.4 Å². The topological polar surface area (TPSA) is 51.8 Å². The first-order valence-corrected chi connectivity index (χ1v) is 6.65. The Morgan fingerprint density at radius 2 is 2.12 bits per heavy atom. The minimum atomic E-state index is 0.702. The van der Waals surface area contributed by atoms with Crippen LogP contribution in [0.1, 0.15) is 0 Å². The van der Waals surface area contributed by atoms with Crippen molar-refractivity contribution in [2.24, 2.45) is 0 Å². The molecule has 0 fully saturated rings. The van der Waals surface area contributed by atoms with Crippen LogP contribution >= 0.6 is 23.1 Å². The smallest absolute Gasteiger partial charge is 0.205 e. The predicted molar refractivity (Wildman–Crippen MR) is 64.7 cm³/mol. The maximum absolute atomic E-state index is 5.31. The molecule has 2 heterocycles. The van der Waals surface area contributed by atoms with Gasteiger partial charge in [0.25, 0.3) is 0 Å². The van der Waals surface area contributed by atoms with E-state index in [0.717, 1.165) is 20.3 Å². The van der Waals surface area contributed by atoms with Crippen molar-refractivity contribution < 1.29 is 4.52 Å². The van der Waals surface area contributed by atoms with E-state index in [4.69, 9.17) is 4.52 Å². The van der Waals surface area contributed by atoms with Gasteiger partial charge >= 0.3 is 0 Å². The highest BCUT2D eigenvalue weighted by molar-refractivity contribution is 8.00. The summed E-state index contributed by atoms with van der Waals surface area (Å²) in [5.74, 6) is 0.702. The zero-order valence-corrected chi connectivity index (χ0v) is 10.0. The Balaban J connectivity index is 2.18. The lowest BCUT2D eigenvalue weighted by Crippen LogP contribution is -1.73. The van der Waals surface area contributed by atoms with Crippen molar-refractivity contribution in [1.29, 1.82) is 0 Å². The Bertz CT molecular complexity index is 632. The summed E-state index contributed by atoms with van der Waals surface area (Å²) in [5.41, 5.74) is 0.846. The third-order valence-electron chi connectivity index (χ3n) is 2.16. The first-order chi connectivity index (χ1) is 7.88. The number of aromatic nitrogens is 3. The van der Waals surface area contributed by atoms with Crippen LogP contribution in [0.5, 0.6) is 0 Å². The number of hydrogen-bond donors (Lipinski definition) is 0. The van der Waals surface area contributed by atoms with Crippen LogP contribution in [-0.4, -0.2) is 21.6 Å². The van der Waals surface area contributed by atoms with Crippen molar-refractivity contribution in [2.75, 3.05) is 6.26 Å². The summed E-state index contributed by atoms with van der Waals surface area (Å²) in [4.78, 5) is 0. The van der Waals surface area contributed by atoms with Crippen molar-refractivity contribution in [1.82, 2.24) is 15.4 Å². The highest BCUT2D eigenvalue weighted by atomic mass is 32.2. The zero-order chi connectivity index (χ0) is 11.0. The summed E-state index contributed by atoms with van der Waals surface area (Å²) >= 11 is 3.09. The van der Waals surface area contributed by atoms with Crippen molar-refractivity contribution in [3.05, 3.63) is 24.3 Å². The van der Waals surface area contributed by atoms with E-state index in [-0.39, 0.29) is 0 Å². The van der Waals surface area contributed by atoms with E-state index in [2.05, 4.69) is 15.4 Å². The van der Waals surface area contributed by atoms with Crippen molar-refractivity contribution in [2.45, 2.75) is 4.34 Å². The van der Waals surface area contributed by atoms with Crippen molar-refractivity contribution in [3.63, 3.8) is 0 Å². The number of thioether (sulfide) groups is 1. The van der Waals surface area contributed by atoms with Crippen molar-refractivity contribution in [3.8, 4) is 10.8 Å². The van der Waals surface area contributed by atoms with Gasteiger partial charge in [-0.05, 0) is 18.4 Å². The van der Waals surface area contributed by atoms with E-state index in [1.54, 1.807) is 11.8 Å². The Morgan fingerprint density at radius 1 is 1.25 bits per heavy atom. The molecule has 0 radical (unpaired) electrons. The quantitative estimate of drug-likeness (QED) is 0.653. The lowest BCUT2D eigenvalue weighted by atomic mass is 10.2. The second-order valence-corrected chi connectivity index (χ2v) is 5.14. The molecule has 0 unspecified atom stereocenters. The van der Waals surface area contributed by atoms with Crippen LogP contribution in [0, 0.1) is 0 Å². The first-order valence-electron chi connectivity index (χ1n) is 4.61. The molecule has 0 aliphatic heterocycles. The molecule has 0 saturated heterocycles. The van der Waals surface area contributed by atoms with E-state index in [9.17, 15) is 0 Å². The van der Waals surface area contributed by atoms with E-state index in [1.165, 1.54) is 11.3 Å². The standard InChI is InChI=1S/C10H7N3OS2/c1-15-10-12-11-9(16-10)8-6-4-2-3-5-7(6)13-14-8/h2-5H,1H3. The SMILES string of the molecule is CSc1nnc(-c2onc3ccccc23)s1. The van der Waals surface area contributed by atoms with Crippen LogP contribution in [0.3, 0.4) is 0 Å². The summed E-state index contributed by atoms with van der Waals surface area (Å²) in [7, 11) is 0. The van der Waals surface area contributed by atoms with Crippen LogP contribution in [0.4, 0.5) is 0 Å². The molecule has 16 heavy (non-hydrogen) atoms. The molecule has 0 N–H and O–H groups in total. The van der Waals surface area contributed by atoms with Gasteiger partial charge < -0.3 is 4.52 Å². The van der Waals surface area contributed by atoms with Gasteiger partial charge in [-0.3, -0.25) is 0 Å². The van der Waals surface area contributed by atoms with Gasteiger partial charge in [0.1, 0.15) is 5.52 Å². The van der Waals surface area contributed by atoms with Crippen LogP contribution < -0.4 is 0 Å². The third kappa shape index (κ3) is 1.50. The second kappa shape index (κ2) is 3.88. The number of benzene rings is 1. The monoisotopic (exact) mass is 249 g/mol. The summed E-state index contributed by atoms with van der Waals surface area (Å²) < 4.78 is 6.23. The molecule has 0 spiro atoms. The Hall–Kier alpha value is -1.40. The largest absolute Gasteiger partial charge is 0.352 e. The van der Waals surface area contributed by atoms with E-state index < -0.39 is 0 Å². The van der Waals surface area contributed by atoms with Gasteiger partial charge in [-0.2, -0.15) is 0 Å². The molecule has 6 heteroatoms. The van der Waals surface area contributed by atoms with Crippen LogP contribution in [0.2, 0.25) is 0 Å². The molecule has 3 rings (SSSR count). The maximum atomic E-state index is 5.31. The molecule has 0 bridgehead atoms. The molecule has 0 atom stereocenters. The summed E-state index contributed by atoms with van der Waals surface area (Å²) in [5, 5.41) is 13.9. The number of hydrogen-bond acceptors (Lipinski definition) is 6. The van der Waals surface area contributed by atoms with E-state index >= 15 is 0 Å². The van der Waals surface area contributed by atoms with Gasteiger partial charge in [0, 0.05) is 0 Å². The Morgan fingerprint density at radius 3 is 2.94 bits per heavy atom. The zero-order valence-electron chi connectivity index (χ0n) is 8.38.